The molecule has 0 spiro atoms. The zero-order chi connectivity index (χ0) is 28.8. The first-order chi connectivity index (χ1) is 19.7. The fourth-order valence-electron chi connectivity index (χ4n) is 5.29. The molecule has 13 heteroatoms. The Hall–Kier alpha value is -4.28. The number of pyridine rings is 1. The number of fused-ring (bicyclic) bond motifs is 2. The van der Waals surface area contributed by atoms with Gasteiger partial charge in [-0.1, -0.05) is 0 Å². The van der Waals surface area contributed by atoms with Gasteiger partial charge >= 0.3 is 6.03 Å². The highest BCUT2D eigenvalue weighted by Gasteiger charge is 2.54. The summed E-state index contributed by atoms with van der Waals surface area (Å²) in [6.45, 7) is 5.10. The van der Waals surface area contributed by atoms with Crippen molar-refractivity contribution in [1.29, 1.82) is 5.26 Å². The molecule has 12 nitrogen and oxygen atoms in total. The van der Waals surface area contributed by atoms with E-state index in [0.717, 1.165) is 24.6 Å². The number of morpholine rings is 1. The van der Waals surface area contributed by atoms with Gasteiger partial charge in [0, 0.05) is 30.9 Å². The number of amides is 4. The highest BCUT2D eigenvalue weighted by molar-refractivity contribution is 6.03. The number of carbonyl (C=O) groups is 3. The van der Waals surface area contributed by atoms with E-state index in [4.69, 9.17) is 14.7 Å². The van der Waals surface area contributed by atoms with Gasteiger partial charge in [-0.25, -0.2) is 14.2 Å². The van der Waals surface area contributed by atoms with Crippen LogP contribution < -0.4 is 15.5 Å². The van der Waals surface area contributed by atoms with Gasteiger partial charge in [0.05, 0.1) is 36.3 Å². The molecule has 6 rings (SSSR count). The number of halogens is 1. The smallest absolute Gasteiger partial charge is 0.322 e. The molecule has 1 aromatic heterocycles. The predicted octanol–water partition coefficient (Wildman–Crippen LogP) is 2.73. The lowest BCUT2D eigenvalue weighted by molar-refractivity contribution is -0.131. The van der Waals surface area contributed by atoms with Crippen LogP contribution in [0.1, 0.15) is 42.7 Å². The molecule has 3 aliphatic heterocycles. The summed E-state index contributed by atoms with van der Waals surface area (Å²) < 4.78 is 25.4. The van der Waals surface area contributed by atoms with Gasteiger partial charge in [0.2, 0.25) is 0 Å². The molecule has 0 radical (unpaired) electrons. The fourth-order valence-corrected chi connectivity index (χ4v) is 5.29. The van der Waals surface area contributed by atoms with Crippen LogP contribution in [-0.4, -0.2) is 83.5 Å². The lowest BCUT2D eigenvalue weighted by Crippen LogP contribution is -2.51. The van der Waals surface area contributed by atoms with E-state index >= 15 is 0 Å². The molecule has 3 fully saturated rings. The van der Waals surface area contributed by atoms with Crippen LogP contribution in [0.4, 0.5) is 26.2 Å². The van der Waals surface area contributed by atoms with E-state index in [1.165, 1.54) is 11.1 Å². The maximum Gasteiger partial charge on any atom is 0.322 e. The molecule has 41 heavy (non-hydrogen) atoms. The minimum absolute atomic E-state index is 0.0370. The van der Waals surface area contributed by atoms with Crippen LogP contribution in [0.25, 0.3) is 0 Å². The Labute approximate surface area is 236 Å². The molecule has 3 atom stereocenters. The predicted molar refractivity (Wildman–Crippen MR) is 144 cm³/mol. The SMILES string of the molecule is CC(C)N1c2ccc(NC(=O)N3CCO[C@@H](C(=O)Nc4cnc(C#N)c(F)c4)C3)cc2C(=O)N(CC2CC2)C2OC21. The van der Waals surface area contributed by atoms with Crippen LogP contribution in [0, 0.1) is 23.1 Å². The van der Waals surface area contributed by atoms with Crippen LogP contribution in [0.2, 0.25) is 0 Å². The summed E-state index contributed by atoms with van der Waals surface area (Å²) in [6.07, 6.45) is 1.93. The number of anilines is 3. The summed E-state index contributed by atoms with van der Waals surface area (Å²) in [7, 11) is 0. The zero-order valence-electron chi connectivity index (χ0n) is 22.7. The molecule has 214 valence electrons. The van der Waals surface area contributed by atoms with Crippen molar-refractivity contribution >= 4 is 34.9 Å². The van der Waals surface area contributed by atoms with Gasteiger partial charge in [-0.2, -0.15) is 5.26 Å². The lowest BCUT2D eigenvalue weighted by Gasteiger charge is -2.32. The topological polar surface area (TPSA) is 143 Å². The zero-order valence-corrected chi connectivity index (χ0v) is 22.7. The van der Waals surface area contributed by atoms with Gasteiger partial charge in [-0.15, -0.1) is 0 Å². The van der Waals surface area contributed by atoms with Gasteiger partial charge in [0.25, 0.3) is 11.8 Å². The molecule has 1 aliphatic carbocycles. The van der Waals surface area contributed by atoms with Crippen molar-refractivity contribution < 1.29 is 28.2 Å². The van der Waals surface area contributed by atoms with Gasteiger partial charge in [-0.05, 0) is 50.8 Å². The first kappa shape index (κ1) is 26.9. The average molecular weight is 564 g/mol. The molecular formula is C28H30FN7O5. The van der Waals surface area contributed by atoms with Crippen molar-refractivity contribution in [3.8, 4) is 6.07 Å². The Morgan fingerprint density at radius 3 is 2.71 bits per heavy atom. The summed E-state index contributed by atoms with van der Waals surface area (Å²) in [4.78, 5) is 48.6. The maximum absolute atomic E-state index is 13.9. The minimum Gasteiger partial charge on any atom is -0.365 e. The number of urea groups is 1. The van der Waals surface area contributed by atoms with E-state index in [1.807, 2.05) is 11.0 Å². The number of nitrogens with zero attached hydrogens (tertiary/aromatic N) is 5. The molecular weight excluding hydrogens is 533 g/mol. The quantitative estimate of drug-likeness (QED) is 0.511. The van der Waals surface area contributed by atoms with Crippen LogP contribution in [0.3, 0.4) is 0 Å². The van der Waals surface area contributed by atoms with Crippen molar-refractivity contribution in [3.05, 3.63) is 47.5 Å². The van der Waals surface area contributed by atoms with Gasteiger partial charge in [-0.3, -0.25) is 9.59 Å². The van der Waals surface area contributed by atoms with E-state index in [0.29, 0.717) is 23.7 Å². The number of nitriles is 1. The highest BCUT2D eigenvalue weighted by Crippen LogP contribution is 2.43. The number of nitrogens with one attached hydrogen (secondary N) is 2. The Balaban J connectivity index is 1.14. The van der Waals surface area contributed by atoms with E-state index < -0.39 is 23.9 Å². The number of hydrogen-bond acceptors (Lipinski definition) is 8. The number of rotatable bonds is 6. The van der Waals surface area contributed by atoms with Gasteiger partial charge in [0.1, 0.15) is 6.07 Å². The molecule has 0 bridgehead atoms. The number of aromatic nitrogens is 1. The molecule has 1 saturated carbocycles. The lowest BCUT2D eigenvalue weighted by atomic mass is 10.1. The summed E-state index contributed by atoms with van der Waals surface area (Å²) in [5, 5.41) is 14.2. The molecule has 4 heterocycles. The normalized spacial score (nSPS) is 23.3. The van der Waals surface area contributed by atoms with Gasteiger partial charge < -0.3 is 34.8 Å². The van der Waals surface area contributed by atoms with Crippen molar-refractivity contribution in [2.75, 3.05) is 41.8 Å². The minimum atomic E-state index is -0.996. The number of benzene rings is 1. The second kappa shape index (κ2) is 10.6. The number of ether oxygens (including phenoxy) is 2. The second-order valence-corrected chi connectivity index (χ2v) is 10.9. The first-order valence-electron chi connectivity index (χ1n) is 13.7. The van der Waals surface area contributed by atoms with Gasteiger partial charge in [0.15, 0.2) is 30.1 Å². The third-order valence-electron chi connectivity index (χ3n) is 7.61. The van der Waals surface area contributed by atoms with E-state index in [1.54, 1.807) is 18.2 Å². The Kier molecular flexibility index (Phi) is 6.96. The first-order valence-corrected chi connectivity index (χ1v) is 13.7. The average Bonchev–Trinajstić information content (AvgIpc) is 3.88. The molecule has 4 aliphatic rings. The van der Waals surface area contributed by atoms with E-state index in [-0.39, 0.29) is 55.5 Å². The van der Waals surface area contributed by atoms with Crippen LogP contribution in [-0.2, 0) is 14.3 Å². The Morgan fingerprint density at radius 1 is 1.20 bits per heavy atom. The van der Waals surface area contributed by atoms with Crippen molar-refractivity contribution in [3.63, 3.8) is 0 Å². The van der Waals surface area contributed by atoms with E-state index in [9.17, 15) is 18.8 Å². The summed E-state index contributed by atoms with van der Waals surface area (Å²) in [5.41, 5.74) is 1.43. The second-order valence-electron chi connectivity index (χ2n) is 10.9. The number of hydrogen-bond donors (Lipinski definition) is 2. The fraction of sp³-hybridized carbons (Fsp3) is 0.464. The monoisotopic (exact) mass is 563 g/mol. The van der Waals surface area contributed by atoms with Crippen LogP contribution >= 0.6 is 0 Å². The summed E-state index contributed by atoms with van der Waals surface area (Å²) >= 11 is 0. The highest BCUT2D eigenvalue weighted by atomic mass is 19.1. The largest absolute Gasteiger partial charge is 0.365 e. The molecule has 4 amide bonds. The third-order valence-corrected chi connectivity index (χ3v) is 7.61. The standard InChI is InChI=1S/C28H30FN7O5/c1-15(2)36-22-6-5-17(9-19(22)25(38)35(13-16-3-4-16)26-27(36)41-26)33-28(39)34-7-8-40-23(14-34)24(37)32-18-10-20(29)21(11-30)31-12-18/h5-6,9-10,12,15-16,23,26-27H,3-4,7-8,13-14H2,1-2H3,(H,32,37)(H,33,39)/t23-,26?,27?/m1/s1. The Morgan fingerprint density at radius 2 is 2.00 bits per heavy atom. The Bertz CT molecular complexity index is 1440. The molecule has 2 aromatic rings. The van der Waals surface area contributed by atoms with E-state index in [2.05, 4.69) is 34.4 Å². The third kappa shape index (κ3) is 5.40. The molecule has 1 aromatic carbocycles. The summed E-state index contributed by atoms with van der Waals surface area (Å²) in [5.74, 6) is -1.05. The van der Waals surface area contributed by atoms with Crippen molar-refractivity contribution in [1.82, 2.24) is 14.8 Å². The van der Waals surface area contributed by atoms with Crippen LogP contribution in [0.15, 0.2) is 30.5 Å². The molecule has 2 unspecified atom stereocenters. The van der Waals surface area contributed by atoms with Crippen molar-refractivity contribution in [2.45, 2.75) is 51.3 Å². The van der Waals surface area contributed by atoms with Crippen LogP contribution in [0.5, 0.6) is 0 Å². The van der Waals surface area contributed by atoms with Crippen molar-refractivity contribution in [2.24, 2.45) is 5.92 Å². The molecule has 2 N–H and O–H groups in total. The number of carbonyl (C=O) groups excluding carboxylic acids is 3. The number of epoxide rings is 1. The maximum atomic E-state index is 13.9. The summed E-state index contributed by atoms with van der Waals surface area (Å²) in [6, 6.07) is 7.57. The molecule has 2 saturated heterocycles.